The first kappa shape index (κ1) is 16.2. The SMILES string of the molecule is CCS(=O)(=O)c1ccc(C(=O)NCCCC(=O)O)cc1. The fourth-order valence-corrected chi connectivity index (χ4v) is 2.41. The molecule has 0 bridgehead atoms. The minimum absolute atomic E-state index is 0.00599. The largest absolute Gasteiger partial charge is 0.481 e. The van der Waals surface area contributed by atoms with Crippen molar-refractivity contribution in [2.75, 3.05) is 12.3 Å². The van der Waals surface area contributed by atoms with Crippen LogP contribution < -0.4 is 5.32 Å². The summed E-state index contributed by atoms with van der Waals surface area (Å²) in [5, 5.41) is 11.0. The highest BCUT2D eigenvalue weighted by Crippen LogP contribution is 2.12. The molecule has 2 N–H and O–H groups in total. The minimum atomic E-state index is -3.27. The van der Waals surface area contributed by atoms with Crippen LogP contribution in [0.5, 0.6) is 0 Å². The molecule has 1 rings (SSSR count). The Bertz CT molecular complexity index is 577. The fraction of sp³-hybridized carbons (Fsp3) is 0.385. The van der Waals surface area contributed by atoms with Gasteiger partial charge >= 0.3 is 5.97 Å². The van der Waals surface area contributed by atoms with Gasteiger partial charge in [0.05, 0.1) is 10.6 Å². The predicted molar refractivity (Wildman–Crippen MR) is 73.4 cm³/mol. The van der Waals surface area contributed by atoms with Gasteiger partial charge in [-0.05, 0) is 30.7 Å². The molecule has 0 saturated carbocycles. The molecule has 0 aliphatic heterocycles. The van der Waals surface area contributed by atoms with Gasteiger partial charge in [-0.25, -0.2) is 8.42 Å². The van der Waals surface area contributed by atoms with Gasteiger partial charge in [-0.1, -0.05) is 6.92 Å². The normalized spacial score (nSPS) is 11.1. The van der Waals surface area contributed by atoms with Crippen molar-refractivity contribution in [3.63, 3.8) is 0 Å². The first-order valence-electron chi connectivity index (χ1n) is 6.19. The molecule has 0 unspecified atom stereocenters. The number of nitrogens with one attached hydrogen (secondary N) is 1. The third-order valence-electron chi connectivity index (χ3n) is 2.71. The summed E-state index contributed by atoms with van der Waals surface area (Å²) in [6.45, 7) is 1.82. The molecule has 6 nitrogen and oxygen atoms in total. The molecule has 0 radical (unpaired) electrons. The van der Waals surface area contributed by atoms with Crippen molar-refractivity contribution >= 4 is 21.7 Å². The second kappa shape index (κ2) is 7.04. The fourth-order valence-electron chi connectivity index (χ4n) is 1.52. The van der Waals surface area contributed by atoms with E-state index in [2.05, 4.69) is 5.32 Å². The summed E-state index contributed by atoms with van der Waals surface area (Å²) in [6, 6.07) is 5.67. The number of hydrogen-bond acceptors (Lipinski definition) is 4. The predicted octanol–water partition coefficient (Wildman–Crippen LogP) is 1.07. The second-order valence-corrected chi connectivity index (χ2v) is 6.46. The molecular formula is C13H17NO5S. The highest BCUT2D eigenvalue weighted by molar-refractivity contribution is 7.91. The van der Waals surface area contributed by atoms with Gasteiger partial charge in [-0.15, -0.1) is 0 Å². The monoisotopic (exact) mass is 299 g/mol. The third kappa shape index (κ3) is 4.65. The standard InChI is InChI=1S/C13H17NO5S/c1-2-20(18,19)11-7-5-10(6-8-11)13(17)14-9-3-4-12(15)16/h5-8H,2-4,9H2,1H3,(H,14,17)(H,15,16). The van der Waals surface area contributed by atoms with Crippen molar-refractivity contribution in [1.29, 1.82) is 0 Å². The van der Waals surface area contributed by atoms with Crippen molar-refractivity contribution in [2.45, 2.75) is 24.7 Å². The van der Waals surface area contributed by atoms with Crippen LogP contribution in [0.2, 0.25) is 0 Å². The van der Waals surface area contributed by atoms with Gasteiger partial charge in [0.25, 0.3) is 5.91 Å². The summed E-state index contributed by atoms with van der Waals surface area (Å²) in [4.78, 5) is 22.2. The van der Waals surface area contributed by atoms with Crippen molar-refractivity contribution in [3.8, 4) is 0 Å². The van der Waals surface area contributed by atoms with Crippen LogP contribution in [0, 0.1) is 0 Å². The quantitative estimate of drug-likeness (QED) is 0.734. The number of benzene rings is 1. The lowest BCUT2D eigenvalue weighted by Crippen LogP contribution is -2.24. The van der Waals surface area contributed by atoms with Crippen molar-refractivity contribution in [3.05, 3.63) is 29.8 Å². The number of aliphatic carboxylic acids is 1. The lowest BCUT2D eigenvalue weighted by molar-refractivity contribution is -0.137. The van der Waals surface area contributed by atoms with Crippen LogP contribution in [0.1, 0.15) is 30.1 Å². The molecule has 110 valence electrons. The van der Waals surface area contributed by atoms with Crippen LogP contribution >= 0.6 is 0 Å². The average Bonchev–Trinajstić information content (AvgIpc) is 2.43. The van der Waals surface area contributed by atoms with Crippen molar-refractivity contribution < 1.29 is 23.1 Å². The van der Waals surface area contributed by atoms with Crippen LogP contribution in [0.15, 0.2) is 29.2 Å². The Morgan fingerprint density at radius 1 is 1.20 bits per heavy atom. The molecule has 0 atom stereocenters. The summed E-state index contributed by atoms with van der Waals surface area (Å²) in [5.41, 5.74) is 0.343. The number of carbonyl (C=O) groups is 2. The molecule has 1 amide bonds. The Hall–Kier alpha value is -1.89. The number of sulfone groups is 1. The Labute approximate surface area is 117 Å². The minimum Gasteiger partial charge on any atom is -0.481 e. The van der Waals surface area contributed by atoms with E-state index in [4.69, 9.17) is 5.11 Å². The van der Waals surface area contributed by atoms with E-state index < -0.39 is 15.8 Å². The Morgan fingerprint density at radius 2 is 1.80 bits per heavy atom. The average molecular weight is 299 g/mol. The first-order chi connectivity index (χ1) is 9.36. The Morgan fingerprint density at radius 3 is 2.30 bits per heavy atom. The number of rotatable bonds is 7. The summed E-state index contributed by atoms with van der Waals surface area (Å²) in [6.07, 6.45) is 0.345. The van der Waals surface area contributed by atoms with Gasteiger partial charge in [-0.3, -0.25) is 9.59 Å². The topological polar surface area (TPSA) is 101 Å². The van der Waals surface area contributed by atoms with Gasteiger partial charge in [0.2, 0.25) is 0 Å². The van der Waals surface area contributed by atoms with E-state index in [9.17, 15) is 18.0 Å². The van der Waals surface area contributed by atoms with Crippen molar-refractivity contribution in [1.82, 2.24) is 5.32 Å². The highest BCUT2D eigenvalue weighted by Gasteiger charge is 2.12. The molecule has 0 heterocycles. The van der Waals surface area contributed by atoms with E-state index in [-0.39, 0.29) is 29.5 Å². The van der Waals surface area contributed by atoms with Crippen LogP contribution in [0.4, 0.5) is 0 Å². The van der Waals surface area contributed by atoms with E-state index >= 15 is 0 Å². The molecule has 0 aliphatic carbocycles. The number of carboxylic acid groups (broad SMARTS) is 1. The van der Waals surface area contributed by atoms with Gasteiger partial charge in [0, 0.05) is 18.5 Å². The zero-order valence-electron chi connectivity index (χ0n) is 11.1. The highest BCUT2D eigenvalue weighted by atomic mass is 32.2. The van der Waals surface area contributed by atoms with E-state index in [1.54, 1.807) is 6.92 Å². The van der Waals surface area contributed by atoms with Gasteiger partial charge in [0.1, 0.15) is 0 Å². The van der Waals surface area contributed by atoms with Crippen LogP contribution in [0.3, 0.4) is 0 Å². The van der Waals surface area contributed by atoms with E-state index in [0.717, 1.165) is 0 Å². The van der Waals surface area contributed by atoms with E-state index in [0.29, 0.717) is 12.0 Å². The smallest absolute Gasteiger partial charge is 0.303 e. The molecule has 7 heteroatoms. The lowest BCUT2D eigenvalue weighted by Gasteiger charge is -2.05. The summed E-state index contributed by atoms with van der Waals surface area (Å²) in [5.74, 6) is -1.25. The summed E-state index contributed by atoms with van der Waals surface area (Å²) >= 11 is 0. The molecule has 0 spiro atoms. The maximum absolute atomic E-state index is 11.7. The first-order valence-corrected chi connectivity index (χ1v) is 7.85. The van der Waals surface area contributed by atoms with Crippen LogP contribution in [-0.2, 0) is 14.6 Å². The number of carbonyl (C=O) groups excluding carboxylic acids is 1. The number of carboxylic acids is 1. The molecule has 0 fully saturated rings. The number of amides is 1. The molecule has 20 heavy (non-hydrogen) atoms. The van der Waals surface area contributed by atoms with Crippen LogP contribution in [-0.4, -0.2) is 37.7 Å². The Balaban J connectivity index is 2.60. The zero-order chi connectivity index (χ0) is 15.2. The van der Waals surface area contributed by atoms with Gasteiger partial charge in [0.15, 0.2) is 9.84 Å². The molecule has 1 aromatic carbocycles. The molecule has 0 saturated heterocycles. The third-order valence-corrected chi connectivity index (χ3v) is 4.46. The summed E-state index contributed by atoms with van der Waals surface area (Å²) < 4.78 is 23.2. The summed E-state index contributed by atoms with van der Waals surface area (Å²) in [7, 11) is -3.27. The lowest BCUT2D eigenvalue weighted by atomic mass is 10.2. The molecule has 0 aromatic heterocycles. The van der Waals surface area contributed by atoms with E-state index in [1.807, 2.05) is 0 Å². The maximum Gasteiger partial charge on any atom is 0.303 e. The maximum atomic E-state index is 11.7. The molecule has 1 aromatic rings. The second-order valence-electron chi connectivity index (χ2n) is 4.18. The Kier molecular flexibility index (Phi) is 5.69. The zero-order valence-corrected chi connectivity index (χ0v) is 11.9. The molecule has 0 aliphatic rings. The number of hydrogen-bond donors (Lipinski definition) is 2. The van der Waals surface area contributed by atoms with Crippen LogP contribution in [0.25, 0.3) is 0 Å². The molecular weight excluding hydrogens is 282 g/mol. The van der Waals surface area contributed by atoms with Gasteiger partial charge < -0.3 is 10.4 Å². The van der Waals surface area contributed by atoms with Crippen molar-refractivity contribution in [2.24, 2.45) is 0 Å². The van der Waals surface area contributed by atoms with Gasteiger partial charge in [-0.2, -0.15) is 0 Å². The van der Waals surface area contributed by atoms with E-state index in [1.165, 1.54) is 24.3 Å².